The highest BCUT2D eigenvalue weighted by atomic mass is 16.5. The number of unbranched alkanes of at least 4 members (excludes halogenated alkanes) is 1. The minimum atomic E-state index is -0.342. The van der Waals surface area contributed by atoms with Gasteiger partial charge in [-0.1, -0.05) is 20.3 Å². The summed E-state index contributed by atoms with van der Waals surface area (Å²) in [4.78, 5) is 20.0. The number of aromatic nitrogens is 4. The third-order valence-electron chi connectivity index (χ3n) is 2.69. The maximum Gasteiger partial charge on any atom is 0.341 e. The van der Waals surface area contributed by atoms with Gasteiger partial charge in [0.15, 0.2) is 0 Å². The van der Waals surface area contributed by atoms with E-state index in [1.807, 2.05) is 13.8 Å². The highest BCUT2D eigenvalue weighted by Crippen LogP contribution is 2.11. The number of rotatable bonds is 5. The molecule has 0 bridgehead atoms. The lowest BCUT2D eigenvalue weighted by atomic mass is 10.2. The Morgan fingerprint density at radius 2 is 2.22 bits per heavy atom. The van der Waals surface area contributed by atoms with E-state index < -0.39 is 0 Å². The number of hydrogen-bond donors (Lipinski definition) is 0. The molecule has 2 aromatic rings. The fourth-order valence-corrected chi connectivity index (χ4v) is 1.72. The van der Waals surface area contributed by atoms with Gasteiger partial charge in [-0.2, -0.15) is 10.1 Å². The Labute approximate surface area is 105 Å². The lowest BCUT2D eigenvalue weighted by Gasteiger charge is -2.08. The van der Waals surface area contributed by atoms with Gasteiger partial charge in [-0.3, -0.25) is 0 Å². The van der Waals surface area contributed by atoms with Crippen molar-refractivity contribution in [2.75, 3.05) is 6.61 Å². The van der Waals surface area contributed by atoms with Gasteiger partial charge < -0.3 is 4.74 Å². The van der Waals surface area contributed by atoms with E-state index in [9.17, 15) is 4.79 Å². The molecule has 0 unspecified atom stereocenters. The van der Waals surface area contributed by atoms with Gasteiger partial charge in [-0.15, -0.1) is 0 Å². The van der Waals surface area contributed by atoms with Gasteiger partial charge >= 0.3 is 5.97 Å². The van der Waals surface area contributed by atoms with E-state index in [2.05, 4.69) is 15.1 Å². The smallest absolute Gasteiger partial charge is 0.341 e. The molecule has 0 saturated heterocycles. The van der Waals surface area contributed by atoms with Gasteiger partial charge in [0.05, 0.1) is 17.9 Å². The molecule has 2 rings (SSSR count). The van der Waals surface area contributed by atoms with Crippen molar-refractivity contribution >= 4 is 11.7 Å². The summed E-state index contributed by atoms with van der Waals surface area (Å²) in [5.41, 5.74) is 1.24. The number of esters is 1. The molecule has 6 nitrogen and oxygen atoms in total. The number of hydrogen-bond acceptors (Lipinski definition) is 5. The minimum absolute atomic E-state index is 0.342. The quantitative estimate of drug-likeness (QED) is 0.594. The summed E-state index contributed by atoms with van der Waals surface area (Å²) >= 11 is 0. The first kappa shape index (κ1) is 12.5. The molecule has 2 heterocycles. The number of aryl methyl sites for hydroxylation is 1. The monoisotopic (exact) mass is 248 g/mol. The largest absolute Gasteiger partial charge is 0.462 e. The Hall–Kier alpha value is -1.98. The predicted octanol–water partition coefficient (Wildman–Crippen LogP) is 1.64. The van der Waals surface area contributed by atoms with Gasteiger partial charge in [0, 0.05) is 6.20 Å². The molecule has 96 valence electrons. The zero-order chi connectivity index (χ0) is 13.0. The number of nitrogens with zero attached hydrogens (tertiary/aromatic N) is 4. The van der Waals surface area contributed by atoms with Crippen molar-refractivity contribution in [3.63, 3.8) is 0 Å². The van der Waals surface area contributed by atoms with Crippen LogP contribution in [0.1, 0.15) is 42.7 Å². The standard InChI is InChI=1S/C12H16N4O2/c1-3-5-6-18-11(17)9-7-13-12-14-8-15-16(12)10(9)4-2/h7-8H,3-6H2,1-2H3. The van der Waals surface area contributed by atoms with Crippen LogP contribution in [0.5, 0.6) is 0 Å². The third-order valence-corrected chi connectivity index (χ3v) is 2.69. The van der Waals surface area contributed by atoms with Crippen molar-refractivity contribution in [1.82, 2.24) is 19.6 Å². The first-order valence-electron chi connectivity index (χ1n) is 6.12. The second kappa shape index (κ2) is 5.57. The summed E-state index contributed by atoms with van der Waals surface area (Å²) < 4.78 is 6.78. The van der Waals surface area contributed by atoms with Crippen molar-refractivity contribution in [2.45, 2.75) is 33.1 Å². The van der Waals surface area contributed by atoms with Crippen LogP contribution < -0.4 is 0 Å². The summed E-state index contributed by atoms with van der Waals surface area (Å²) in [7, 11) is 0. The van der Waals surface area contributed by atoms with Gasteiger partial charge in [0.1, 0.15) is 6.33 Å². The maximum absolute atomic E-state index is 11.9. The van der Waals surface area contributed by atoms with Crippen molar-refractivity contribution in [3.8, 4) is 0 Å². The van der Waals surface area contributed by atoms with Crippen LogP contribution in [0, 0.1) is 0 Å². The SMILES string of the molecule is CCCCOC(=O)c1cnc2ncnn2c1CC. The van der Waals surface area contributed by atoms with Crippen LogP contribution in [0.15, 0.2) is 12.5 Å². The summed E-state index contributed by atoms with van der Waals surface area (Å²) in [5, 5.41) is 4.06. The predicted molar refractivity (Wildman–Crippen MR) is 65.4 cm³/mol. The highest BCUT2D eigenvalue weighted by Gasteiger charge is 2.16. The van der Waals surface area contributed by atoms with E-state index in [1.165, 1.54) is 12.5 Å². The molecule has 0 spiro atoms. The zero-order valence-electron chi connectivity index (χ0n) is 10.6. The molecule has 2 aromatic heterocycles. The molecular formula is C12H16N4O2. The van der Waals surface area contributed by atoms with Gasteiger partial charge in [-0.25, -0.2) is 14.3 Å². The average molecular weight is 248 g/mol. The van der Waals surface area contributed by atoms with Crippen molar-refractivity contribution in [2.24, 2.45) is 0 Å². The van der Waals surface area contributed by atoms with E-state index in [-0.39, 0.29) is 5.97 Å². The Morgan fingerprint density at radius 3 is 2.94 bits per heavy atom. The Morgan fingerprint density at radius 1 is 1.39 bits per heavy atom. The van der Waals surface area contributed by atoms with Crippen LogP contribution in [-0.4, -0.2) is 32.2 Å². The van der Waals surface area contributed by atoms with E-state index in [0.29, 0.717) is 24.4 Å². The Balaban J connectivity index is 2.29. The first-order valence-corrected chi connectivity index (χ1v) is 6.12. The minimum Gasteiger partial charge on any atom is -0.462 e. The summed E-state index contributed by atoms with van der Waals surface area (Å²) in [6.07, 6.45) is 5.46. The lowest BCUT2D eigenvalue weighted by molar-refractivity contribution is 0.0497. The van der Waals surface area contributed by atoms with Crippen LogP contribution in [-0.2, 0) is 11.2 Å². The molecule has 0 aliphatic carbocycles. The van der Waals surface area contributed by atoms with Crippen LogP contribution in [0.4, 0.5) is 0 Å². The third kappa shape index (κ3) is 2.32. The highest BCUT2D eigenvalue weighted by molar-refractivity contribution is 5.90. The summed E-state index contributed by atoms with van der Waals surface area (Å²) in [6, 6.07) is 0. The molecule has 0 atom stereocenters. The van der Waals surface area contributed by atoms with Gasteiger partial charge in [-0.05, 0) is 12.8 Å². The lowest BCUT2D eigenvalue weighted by Crippen LogP contribution is -2.13. The number of carbonyl (C=O) groups is 1. The second-order valence-electron chi connectivity index (χ2n) is 3.93. The second-order valence-corrected chi connectivity index (χ2v) is 3.93. The zero-order valence-corrected chi connectivity index (χ0v) is 10.6. The molecular weight excluding hydrogens is 232 g/mol. The van der Waals surface area contributed by atoms with E-state index in [4.69, 9.17) is 4.74 Å². The molecule has 0 radical (unpaired) electrons. The summed E-state index contributed by atoms with van der Waals surface area (Å²) in [6.45, 7) is 4.45. The van der Waals surface area contributed by atoms with E-state index in [1.54, 1.807) is 4.52 Å². The van der Waals surface area contributed by atoms with Crippen molar-refractivity contribution < 1.29 is 9.53 Å². The molecule has 0 aliphatic heterocycles. The fraction of sp³-hybridized carbons (Fsp3) is 0.500. The molecule has 6 heteroatoms. The van der Waals surface area contributed by atoms with Crippen LogP contribution in [0.2, 0.25) is 0 Å². The Kier molecular flexibility index (Phi) is 3.86. The maximum atomic E-state index is 11.9. The summed E-state index contributed by atoms with van der Waals surface area (Å²) in [5.74, 6) is 0.155. The van der Waals surface area contributed by atoms with E-state index >= 15 is 0 Å². The van der Waals surface area contributed by atoms with E-state index in [0.717, 1.165) is 18.5 Å². The first-order chi connectivity index (χ1) is 8.77. The molecule has 0 N–H and O–H groups in total. The number of fused-ring (bicyclic) bond motifs is 1. The fourth-order valence-electron chi connectivity index (χ4n) is 1.72. The molecule has 18 heavy (non-hydrogen) atoms. The molecule has 0 fully saturated rings. The molecule has 0 aliphatic rings. The molecule has 0 aromatic carbocycles. The van der Waals surface area contributed by atoms with Crippen molar-refractivity contribution in [1.29, 1.82) is 0 Å². The van der Waals surface area contributed by atoms with Crippen LogP contribution in [0.25, 0.3) is 5.78 Å². The average Bonchev–Trinajstić information content (AvgIpc) is 2.85. The van der Waals surface area contributed by atoms with Crippen molar-refractivity contribution in [3.05, 3.63) is 23.8 Å². The topological polar surface area (TPSA) is 69.4 Å². The number of ether oxygens (including phenoxy) is 1. The number of carbonyl (C=O) groups excluding carboxylic acids is 1. The van der Waals surface area contributed by atoms with Crippen LogP contribution in [0.3, 0.4) is 0 Å². The van der Waals surface area contributed by atoms with Gasteiger partial charge in [0.25, 0.3) is 5.78 Å². The Bertz CT molecular complexity index is 550. The normalized spacial score (nSPS) is 10.8. The molecule has 0 saturated carbocycles. The molecule has 0 amide bonds. The van der Waals surface area contributed by atoms with Crippen LogP contribution >= 0.6 is 0 Å². The van der Waals surface area contributed by atoms with Gasteiger partial charge in [0.2, 0.25) is 0 Å².